The summed E-state index contributed by atoms with van der Waals surface area (Å²) in [5, 5.41) is 0. The fourth-order valence-electron chi connectivity index (χ4n) is 3.25. The summed E-state index contributed by atoms with van der Waals surface area (Å²) in [6.07, 6.45) is 0.427. The van der Waals surface area contributed by atoms with Gasteiger partial charge in [-0.25, -0.2) is 4.79 Å². The maximum Gasteiger partial charge on any atom is 0.333 e. The predicted octanol–water partition coefficient (Wildman–Crippen LogP) is 6.05. The number of benzene rings is 3. The van der Waals surface area contributed by atoms with Gasteiger partial charge in [-0.1, -0.05) is 75.0 Å². The number of rotatable bonds is 9. The van der Waals surface area contributed by atoms with Gasteiger partial charge in [-0.2, -0.15) is 0 Å². The second-order valence-electron chi connectivity index (χ2n) is 7.77. The molecule has 0 amide bonds. The van der Waals surface area contributed by atoms with E-state index in [1.807, 2.05) is 54.6 Å². The van der Waals surface area contributed by atoms with Gasteiger partial charge in [0.15, 0.2) is 0 Å². The third kappa shape index (κ3) is 5.98. The van der Waals surface area contributed by atoms with Crippen molar-refractivity contribution in [1.82, 2.24) is 0 Å². The summed E-state index contributed by atoms with van der Waals surface area (Å²) in [7, 11) is 0. The fraction of sp³-hybridized carbons (Fsp3) is 0.222. The number of ether oxygens (including phenoxy) is 3. The Labute approximate surface area is 184 Å². The quantitative estimate of drug-likeness (QED) is 0.242. The van der Waals surface area contributed by atoms with Crippen molar-refractivity contribution in [3.63, 3.8) is 0 Å². The summed E-state index contributed by atoms with van der Waals surface area (Å²) in [6, 6.07) is 26.1. The van der Waals surface area contributed by atoms with E-state index in [4.69, 9.17) is 14.2 Å². The molecule has 0 spiro atoms. The van der Waals surface area contributed by atoms with Crippen molar-refractivity contribution < 1.29 is 19.0 Å². The Morgan fingerprint density at radius 1 is 0.903 bits per heavy atom. The van der Waals surface area contributed by atoms with Crippen LogP contribution < -0.4 is 9.47 Å². The Kier molecular flexibility index (Phi) is 7.14. The molecule has 0 aliphatic rings. The molecule has 160 valence electrons. The Hall–Kier alpha value is -3.53. The van der Waals surface area contributed by atoms with Crippen molar-refractivity contribution in [3.8, 4) is 11.5 Å². The first-order valence-electron chi connectivity index (χ1n) is 10.3. The molecular formula is C27H28O4. The highest BCUT2D eigenvalue weighted by atomic mass is 16.7. The molecular weight excluding hydrogens is 388 g/mol. The van der Waals surface area contributed by atoms with Crippen LogP contribution in [0.1, 0.15) is 37.5 Å². The van der Waals surface area contributed by atoms with Crippen LogP contribution in [0.15, 0.2) is 91.5 Å². The number of carbonyl (C=O) groups excluding carboxylic acids is 1. The minimum Gasteiger partial charge on any atom is -0.489 e. The van der Waals surface area contributed by atoms with Crippen LogP contribution >= 0.6 is 0 Å². The zero-order chi connectivity index (χ0) is 22.3. The van der Waals surface area contributed by atoms with Crippen LogP contribution in [0, 0.1) is 0 Å². The summed E-state index contributed by atoms with van der Waals surface area (Å²) in [6.45, 7) is 9.95. The molecule has 4 heteroatoms. The summed E-state index contributed by atoms with van der Waals surface area (Å²) >= 11 is 0. The van der Waals surface area contributed by atoms with Gasteiger partial charge in [-0.15, -0.1) is 0 Å². The van der Waals surface area contributed by atoms with Crippen LogP contribution in [0.5, 0.6) is 11.5 Å². The summed E-state index contributed by atoms with van der Waals surface area (Å²) in [5.41, 5.74) is 3.27. The second-order valence-corrected chi connectivity index (χ2v) is 7.77. The number of carbonyl (C=O) groups is 1. The van der Waals surface area contributed by atoms with Crippen molar-refractivity contribution in [1.29, 1.82) is 0 Å². The third-order valence-electron chi connectivity index (χ3n) is 5.15. The van der Waals surface area contributed by atoms with Gasteiger partial charge < -0.3 is 14.2 Å². The van der Waals surface area contributed by atoms with Crippen LogP contribution in [0.3, 0.4) is 0 Å². The highest BCUT2D eigenvalue weighted by Gasteiger charge is 2.23. The SMILES string of the molecule is C=CC(=O)OC(C)Oc1ccc(C(C)(C)c2ccc(OCc3ccccc3)cc2)cc1. The maximum absolute atomic E-state index is 11.3. The first-order valence-corrected chi connectivity index (χ1v) is 10.3. The molecule has 4 nitrogen and oxygen atoms in total. The van der Waals surface area contributed by atoms with Gasteiger partial charge in [0.2, 0.25) is 6.29 Å². The molecule has 0 bridgehead atoms. The Morgan fingerprint density at radius 2 is 1.45 bits per heavy atom. The summed E-state index contributed by atoms with van der Waals surface area (Å²) in [5.74, 6) is 0.963. The van der Waals surface area contributed by atoms with Crippen molar-refractivity contribution in [2.45, 2.75) is 39.1 Å². The van der Waals surface area contributed by atoms with Crippen LogP contribution in [-0.4, -0.2) is 12.3 Å². The van der Waals surface area contributed by atoms with E-state index in [1.165, 1.54) is 5.56 Å². The minimum absolute atomic E-state index is 0.197. The van der Waals surface area contributed by atoms with E-state index in [-0.39, 0.29) is 5.41 Å². The van der Waals surface area contributed by atoms with Crippen LogP contribution in [0.2, 0.25) is 0 Å². The number of hydrogen-bond donors (Lipinski definition) is 0. The monoisotopic (exact) mass is 416 g/mol. The molecule has 3 rings (SSSR count). The lowest BCUT2D eigenvalue weighted by molar-refractivity contribution is -0.154. The van der Waals surface area contributed by atoms with E-state index in [0.717, 1.165) is 23.0 Å². The highest BCUT2D eigenvalue weighted by molar-refractivity contribution is 5.81. The normalized spacial score (nSPS) is 12.0. The van der Waals surface area contributed by atoms with Crippen LogP contribution in [0.4, 0.5) is 0 Å². The average molecular weight is 417 g/mol. The first kappa shape index (κ1) is 22.2. The average Bonchev–Trinajstić information content (AvgIpc) is 2.79. The third-order valence-corrected chi connectivity index (χ3v) is 5.15. The molecule has 0 fully saturated rings. The zero-order valence-electron chi connectivity index (χ0n) is 18.2. The van der Waals surface area contributed by atoms with Crippen molar-refractivity contribution in [3.05, 3.63) is 108 Å². The highest BCUT2D eigenvalue weighted by Crippen LogP contribution is 2.33. The molecule has 0 heterocycles. The molecule has 0 aliphatic carbocycles. The second kappa shape index (κ2) is 9.98. The fourth-order valence-corrected chi connectivity index (χ4v) is 3.25. The van der Waals surface area contributed by atoms with E-state index in [1.54, 1.807) is 6.92 Å². The molecule has 3 aromatic rings. The molecule has 1 unspecified atom stereocenters. The number of esters is 1. The molecule has 0 aromatic heterocycles. The molecule has 0 saturated carbocycles. The lowest BCUT2D eigenvalue weighted by Gasteiger charge is -2.26. The van der Waals surface area contributed by atoms with Gasteiger partial charge in [0.05, 0.1) is 0 Å². The minimum atomic E-state index is -0.687. The van der Waals surface area contributed by atoms with Gasteiger partial charge >= 0.3 is 5.97 Å². The van der Waals surface area contributed by atoms with Crippen LogP contribution in [0.25, 0.3) is 0 Å². The number of hydrogen-bond acceptors (Lipinski definition) is 4. The molecule has 3 aromatic carbocycles. The molecule has 0 radical (unpaired) electrons. The van der Waals surface area contributed by atoms with E-state index >= 15 is 0 Å². The van der Waals surface area contributed by atoms with Gasteiger partial charge in [-0.05, 0) is 41.0 Å². The van der Waals surface area contributed by atoms with E-state index in [2.05, 4.69) is 44.7 Å². The molecule has 1 atom stereocenters. The van der Waals surface area contributed by atoms with E-state index in [9.17, 15) is 4.79 Å². The van der Waals surface area contributed by atoms with E-state index < -0.39 is 12.3 Å². The van der Waals surface area contributed by atoms with Gasteiger partial charge in [0.1, 0.15) is 18.1 Å². The van der Waals surface area contributed by atoms with Gasteiger partial charge in [-0.3, -0.25) is 0 Å². The lowest BCUT2D eigenvalue weighted by Crippen LogP contribution is -2.20. The van der Waals surface area contributed by atoms with Gasteiger partial charge in [0, 0.05) is 18.4 Å². The summed E-state index contributed by atoms with van der Waals surface area (Å²) in [4.78, 5) is 11.3. The Morgan fingerprint density at radius 3 is 2.00 bits per heavy atom. The molecule has 0 aliphatic heterocycles. The molecule has 31 heavy (non-hydrogen) atoms. The molecule has 0 saturated heterocycles. The van der Waals surface area contributed by atoms with Crippen LogP contribution in [-0.2, 0) is 21.6 Å². The zero-order valence-corrected chi connectivity index (χ0v) is 18.2. The maximum atomic E-state index is 11.3. The van der Waals surface area contributed by atoms with Crippen molar-refractivity contribution >= 4 is 5.97 Å². The summed E-state index contributed by atoms with van der Waals surface area (Å²) < 4.78 is 16.6. The first-order chi connectivity index (χ1) is 14.9. The van der Waals surface area contributed by atoms with E-state index in [0.29, 0.717) is 12.4 Å². The molecule has 0 N–H and O–H groups in total. The Balaban J connectivity index is 1.63. The Bertz CT molecular complexity index is 990. The lowest BCUT2D eigenvalue weighted by atomic mass is 9.78. The largest absolute Gasteiger partial charge is 0.489 e. The standard InChI is InChI=1S/C27H28O4/c1-5-26(28)31-20(2)30-25-17-13-23(14-18-25)27(3,4)22-11-15-24(16-12-22)29-19-21-9-7-6-8-10-21/h5-18,20H,1,19H2,2-4H3. The van der Waals surface area contributed by atoms with Gasteiger partial charge in [0.25, 0.3) is 0 Å². The topological polar surface area (TPSA) is 44.8 Å². The van der Waals surface area contributed by atoms with Crippen molar-refractivity contribution in [2.75, 3.05) is 0 Å². The predicted molar refractivity (Wildman–Crippen MR) is 122 cm³/mol. The van der Waals surface area contributed by atoms with Crippen molar-refractivity contribution in [2.24, 2.45) is 0 Å². The smallest absolute Gasteiger partial charge is 0.333 e.